The molecule has 0 fully saturated rings. The zero-order valence-electron chi connectivity index (χ0n) is 12.0. The molecule has 0 aliphatic rings. The van der Waals surface area contributed by atoms with E-state index in [1.165, 1.54) is 7.11 Å². The molecule has 6 nitrogen and oxygen atoms in total. The Kier molecular flexibility index (Phi) is 4.71. The normalized spacial score (nSPS) is 10.2. The Balaban J connectivity index is 2.04. The van der Waals surface area contributed by atoms with E-state index in [2.05, 4.69) is 15.0 Å². The molecule has 0 spiro atoms. The van der Waals surface area contributed by atoms with Gasteiger partial charge in [-0.25, -0.2) is 9.78 Å². The average Bonchev–Trinajstić information content (AvgIpc) is 2.93. The molecule has 0 aliphatic carbocycles. The van der Waals surface area contributed by atoms with Crippen LogP contribution < -0.4 is 5.32 Å². The minimum atomic E-state index is -0.436. The highest BCUT2D eigenvalue weighted by Gasteiger charge is 2.09. The van der Waals surface area contributed by atoms with E-state index in [1.807, 2.05) is 6.92 Å². The van der Waals surface area contributed by atoms with Crippen molar-refractivity contribution in [1.29, 1.82) is 0 Å². The molecular weight excluding hydrogens is 270 g/mol. The maximum Gasteiger partial charge on any atom is 0.337 e. The van der Waals surface area contributed by atoms with Crippen LogP contribution in [0, 0.1) is 0 Å². The number of esters is 1. The molecule has 0 unspecified atom stereocenters. The van der Waals surface area contributed by atoms with Crippen molar-refractivity contribution in [2.24, 2.45) is 0 Å². The van der Waals surface area contributed by atoms with Crippen LogP contribution in [0.5, 0.6) is 0 Å². The van der Waals surface area contributed by atoms with E-state index in [-0.39, 0.29) is 12.5 Å². The second kappa shape index (κ2) is 6.69. The Morgan fingerprint density at radius 1 is 1.38 bits per heavy atom. The van der Waals surface area contributed by atoms with Crippen molar-refractivity contribution in [3.8, 4) is 0 Å². The van der Waals surface area contributed by atoms with Gasteiger partial charge in [-0.2, -0.15) is 0 Å². The topological polar surface area (TPSA) is 73.2 Å². The fourth-order valence-corrected chi connectivity index (χ4v) is 2.00. The first kappa shape index (κ1) is 14.8. The zero-order chi connectivity index (χ0) is 15.2. The number of ether oxygens (including phenoxy) is 1. The third-order valence-electron chi connectivity index (χ3n) is 3.00. The minimum absolute atomic E-state index is 0.176. The Hall–Kier alpha value is -2.63. The number of benzene rings is 1. The molecule has 1 amide bonds. The summed E-state index contributed by atoms with van der Waals surface area (Å²) in [5.41, 5.74) is 0.952. The van der Waals surface area contributed by atoms with Crippen LogP contribution in [0.1, 0.15) is 23.1 Å². The van der Waals surface area contributed by atoms with Crippen molar-refractivity contribution in [3.05, 3.63) is 48.0 Å². The number of imidazole rings is 1. The largest absolute Gasteiger partial charge is 0.465 e. The van der Waals surface area contributed by atoms with Gasteiger partial charge in [0.15, 0.2) is 0 Å². The molecule has 2 rings (SSSR count). The van der Waals surface area contributed by atoms with Gasteiger partial charge in [-0.3, -0.25) is 4.79 Å². The predicted molar refractivity (Wildman–Crippen MR) is 78.0 cm³/mol. The van der Waals surface area contributed by atoms with Crippen LogP contribution in [0.2, 0.25) is 0 Å². The Morgan fingerprint density at radius 3 is 2.90 bits per heavy atom. The third-order valence-corrected chi connectivity index (χ3v) is 3.00. The molecule has 0 atom stereocenters. The average molecular weight is 287 g/mol. The summed E-state index contributed by atoms with van der Waals surface area (Å²) < 4.78 is 6.44. The number of aryl methyl sites for hydroxylation is 1. The highest BCUT2D eigenvalue weighted by molar-refractivity contribution is 5.94. The van der Waals surface area contributed by atoms with Gasteiger partial charge >= 0.3 is 5.97 Å². The Labute approximate surface area is 122 Å². The third kappa shape index (κ3) is 3.68. The molecular formula is C15H17N3O3. The van der Waals surface area contributed by atoms with Gasteiger partial charge in [0.05, 0.1) is 12.7 Å². The molecule has 1 aromatic carbocycles. The number of carbonyl (C=O) groups excluding carboxylic acids is 2. The number of methoxy groups -OCH3 is 1. The highest BCUT2D eigenvalue weighted by Crippen LogP contribution is 2.12. The van der Waals surface area contributed by atoms with E-state index in [1.54, 1.807) is 41.2 Å². The quantitative estimate of drug-likeness (QED) is 0.852. The van der Waals surface area contributed by atoms with Crippen molar-refractivity contribution in [2.75, 3.05) is 12.4 Å². The second-order valence-electron chi connectivity index (χ2n) is 4.45. The summed E-state index contributed by atoms with van der Waals surface area (Å²) in [6.07, 6.45) is 4.20. The van der Waals surface area contributed by atoms with Gasteiger partial charge in [-0.05, 0) is 18.2 Å². The lowest BCUT2D eigenvalue weighted by Crippen LogP contribution is -2.19. The van der Waals surface area contributed by atoms with Crippen LogP contribution in [-0.2, 0) is 22.5 Å². The van der Waals surface area contributed by atoms with E-state index < -0.39 is 5.97 Å². The number of nitrogens with zero attached hydrogens (tertiary/aromatic N) is 2. The molecule has 0 radical (unpaired) electrons. The van der Waals surface area contributed by atoms with E-state index in [0.29, 0.717) is 11.3 Å². The van der Waals surface area contributed by atoms with E-state index in [0.717, 1.165) is 12.2 Å². The summed E-state index contributed by atoms with van der Waals surface area (Å²) in [7, 11) is 1.32. The van der Waals surface area contributed by atoms with E-state index >= 15 is 0 Å². The van der Waals surface area contributed by atoms with Crippen LogP contribution in [0.15, 0.2) is 36.7 Å². The summed E-state index contributed by atoms with van der Waals surface area (Å²) in [5, 5.41) is 2.76. The van der Waals surface area contributed by atoms with Gasteiger partial charge < -0.3 is 14.6 Å². The Bertz CT molecular complexity index is 649. The lowest BCUT2D eigenvalue weighted by molar-refractivity contribution is -0.116. The fourth-order valence-electron chi connectivity index (χ4n) is 2.00. The molecule has 0 aliphatic heterocycles. The molecule has 0 saturated heterocycles. The first-order valence-corrected chi connectivity index (χ1v) is 6.62. The lowest BCUT2D eigenvalue weighted by Gasteiger charge is -2.09. The molecule has 1 aromatic heterocycles. The van der Waals surface area contributed by atoms with Gasteiger partial charge in [0.2, 0.25) is 5.91 Å². The predicted octanol–water partition coefficient (Wildman–Crippen LogP) is 1.87. The number of hydrogen-bond donors (Lipinski definition) is 1. The van der Waals surface area contributed by atoms with Gasteiger partial charge in [-0.15, -0.1) is 0 Å². The van der Waals surface area contributed by atoms with Crippen molar-refractivity contribution in [3.63, 3.8) is 0 Å². The lowest BCUT2D eigenvalue weighted by atomic mass is 10.2. The molecule has 0 saturated carbocycles. The molecule has 2 aromatic rings. The number of aromatic nitrogens is 2. The van der Waals surface area contributed by atoms with Gasteiger partial charge in [0.25, 0.3) is 0 Å². The summed E-state index contributed by atoms with van der Waals surface area (Å²) in [6, 6.07) is 6.63. The van der Waals surface area contributed by atoms with Crippen LogP contribution in [-0.4, -0.2) is 28.5 Å². The van der Waals surface area contributed by atoms with Crippen LogP contribution >= 0.6 is 0 Å². The molecule has 0 bridgehead atoms. The summed E-state index contributed by atoms with van der Waals surface area (Å²) in [4.78, 5) is 27.6. The molecule has 1 heterocycles. The van der Waals surface area contributed by atoms with E-state index in [4.69, 9.17) is 0 Å². The van der Waals surface area contributed by atoms with Gasteiger partial charge in [0.1, 0.15) is 12.4 Å². The minimum Gasteiger partial charge on any atom is -0.465 e. The standard InChI is InChI=1S/C15H17N3O3/c1-3-13-16-7-8-18(13)10-14(19)17-12-6-4-5-11(9-12)15(20)21-2/h4-9H,3,10H2,1-2H3,(H,17,19). The van der Waals surface area contributed by atoms with Crippen LogP contribution in [0.25, 0.3) is 0 Å². The molecule has 110 valence electrons. The first-order chi connectivity index (χ1) is 10.1. The van der Waals surface area contributed by atoms with Gasteiger partial charge in [-0.1, -0.05) is 13.0 Å². The molecule has 21 heavy (non-hydrogen) atoms. The van der Waals surface area contributed by atoms with Crippen molar-refractivity contribution in [1.82, 2.24) is 9.55 Å². The zero-order valence-corrected chi connectivity index (χ0v) is 12.0. The first-order valence-electron chi connectivity index (χ1n) is 6.62. The SMILES string of the molecule is CCc1nccn1CC(=O)Nc1cccc(C(=O)OC)c1. The second-order valence-corrected chi connectivity index (χ2v) is 4.45. The summed E-state index contributed by atoms with van der Waals surface area (Å²) in [5.74, 6) is 0.243. The van der Waals surface area contributed by atoms with Gasteiger partial charge in [0, 0.05) is 24.5 Å². The van der Waals surface area contributed by atoms with Crippen molar-refractivity contribution < 1.29 is 14.3 Å². The van der Waals surface area contributed by atoms with Crippen LogP contribution in [0.3, 0.4) is 0 Å². The number of hydrogen-bond acceptors (Lipinski definition) is 4. The number of carbonyl (C=O) groups is 2. The summed E-state index contributed by atoms with van der Waals surface area (Å²) in [6.45, 7) is 2.17. The van der Waals surface area contributed by atoms with Crippen molar-refractivity contribution in [2.45, 2.75) is 19.9 Å². The monoisotopic (exact) mass is 287 g/mol. The number of nitrogens with one attached hydrogen (secondary N) is 1. The van der Waals surface area contributed by atoms with Crippen molar-refractivity contribution >= 4 is 17.6 Å². The maximum absolute atomic E-state index is 12.0. The summed E-state index contributed by atoms with van der Waals surface area (Å²) >= 11 is 0. The maximum atomic E-state index is 12.0. The molecule has 6 heteroatoms. The smallest absolute Gasteiger partial charge is 0.337 e. The van der Waals surface area contributed by atoms with Crippen LogP contribution in [0.4, 0.5) is 5.69 Å². The Morgan fingerprint density at radius 2 is 2.19 bits per heavy atom. The number of rotatable bonds is 5. The fraction of sp³-hybridized carbons (Fsp3) is 0.267. The number of amides is 1. The van der Waals surface area contributed by atoms with E-state index in [9.17, 15) is 9.59 Å². The number of anilines is 1. The highest BCUT2D eigenvalue weighted by atomic mass is 16.5. The molecule has 1 N–H and O–H groups in total.